The Morgan fingerprint density at radius 3 is 2.95 bits per heavy atom. The molecule has 19 heavy (non-hydrogen) atoms. The lowest BCUT2D eigenvalue weighted by atomic mass is 10.3. The molecule has 104 valence electrons. The molecule has 1 N–H and O–H groups in total. The van der Waals surface area contributed by atoms with E-state index in [2.05, 4.69) is 16.6 Å². The van der Waals surface area contributed by atoms with Gasteiger partial charge in [-0.1, -0.05) is 6.08 Å². The highest BCUT2D eigenvalue weighted by Gasteiger charge is 2.18. The minimum absolute atomic E-state index is 0.299. The summed E-state index contributed by atoms with van der Waals surface area (Å²) in [5.74, 6) is -0.766. The van der Waals surface area contributed by atoms with E-state index in [9.17, 15) is 9.59 Å². The van der Waals surface area contributed by atoms with Gasteiger partial charge in [-0.2, -0.15) is 0 Å². The molecule has 0 aromatic carbocycles. The number of hydrogen-bond donors (Lipinski definition) is 1. The van der Waals surface area contributed by atoms with Crippen molar-refractivity contribution in [2.75, 3.05) is 19.0 Å². The number of methoxy groups -OCH3 is 1. The monoisotopic (exact) mass is 283 g/mol. The Hall–Kier alpha value is -1.66. The van der Waals surface area contributed by atoms with Gasteiger partial charge in [0.05, 0.1) is 19.4 Å². The predicted molar refractivity (Wildman–Crippen MR) is 74.5 cm³/mol. The molecule has 0 aliphatic heterocycles. The fourth-order valence-electron chi connectivity index (χ4n) is 1.30. The average molecular weight is 283 g/mol. The summed E-state index contributed by atoms with van der Waals surface area (Å²) in [5, 5.41) is 4.37. The molecule has 0 saturated carbocycles. The predicted octanol–water partition coefficient (Wildman–Crippen LogP) is 2.45. The number of thiophene rings is 1. The topological polar surface area (TPSA) is 64.6 Å². The van der Waals surface area contributed by atoms with Gasteiger partial charge in [0, 0.05) is 0 Å². The number of anilines is 1. The fraction of sp³-hybridized carbons (Fsp3) is 0.385. The summed E-state index contributed by atoms with van der Waals surface area (Å²) in [4.78, 5) is 23.7. The van der Waals surface area contributed by atoms with Gasteiger partial charge in [0.15, 0.2) is 0 Å². The summed E-state index contributed by atoms with van der Waals surface area (Å²) in [6.07, 6.45) is 1.81. The normalized spacial score (nSPS) is 11.7. The maximum absolute atomic E-state index is 11.9. The van der Waals surface area contributed by atoms with Crippen LogP contribution in [0.1, 0.15) is 23.0 Å². The van der Waals surface area contributed by atoms with E-state index in [1.807, 2.05) is 0 Å². The largest absolute Gasteiger partial charge is 0.465 e. The number of nitrogens with one attached hydrogen (secondary N) is 1. The zero-order chi connectivity index (χ0) is 14.3. The van der Waals surface area contributed by atoms with Crippen molar-refractivity contribution in [3.8, 4) is 0 Å². The molecule has 0 saturated heterocycles. The molecule has 1 aromatic rings. The molecular weight excluding hydrogens is 266 g/mol. The van der Waals surface area contributed by atoms with Crippen molar-refractivity contribution in [2.45, 2.75) is 19.4 Å². The summed E-state index contributed by atoms with van der Waals surface area (Å²) in [6, 6.07) is 1.66. The molecule has 0 bridgehead atoms. The first-order valence-corrected chi connectivity index (χ1v) is 6.67. The van der Waals surface area contributed by atoms with Crippen molar-refractivity contribution >= 4 is 28.9 Å². The van der Waals surface area contributed by atoms with Crippen LogP contribution in [0.4, 0.5) is 5.69 Å². The molecule has 1 atom stereocenters. The van der Waals surface area contributed by atoms with Crippen LogP contribution < -0.4 is 5.32 Å². The van der Waals surface area contributed by atoms with Crippen LogP contribution in [0.3, 0.4) is 0 Å². The number of hydrogen-bond acceptors (Lipinski definition) is 5. The van der Waals surface area contributed by atoms with Crippen LogP contribution in [0.25, 0.3) is 0 Å². The van der Waals surface area contributed by atoms with Gasteiger partial charge in [0.25, 0.3) is 5.91 Å². The molecule has 0 fully saturated rings. The molecule has 1 aromatic heterocycles. The lowest BCUT2D eigenvalue weighted by Gasteiger charge is -2.12. The van der Waals surface area contributed by atoms with Gasteiger partial charge >= 0.3 is 5.97 Å². The van der Waals surface area contributed by atoms with Crippen molar-refractivity contribution in [2.24, 2.45) is 0 Å². The van der Waals surface area contributed by atoms with Crippen LogP contribution in [0.2, 0.25) is 0 Å². The van der Waals surface area contributed by atoms with Crippen molar-refractivity contribution < 1.29 is 19.1 Å². The Labute approximate surface area is 116 Å². The molecular formula is C13H17NO4S. The molecule has 1 rings (SSSR count). The smallest absolute Gasteiger partial charge is 0.350 e. The summed E-state index contributed by atoms with van der Waals surface area (Å²) >= 11 is 1.21. The summed E-state index contributed by atoms with van der Waals surface area (Å²) in [5.41, 5.74) is 0.445. The molecule has 0 aliphatic carbocycles. The maximum atomic E-state index is 11.9. The van der Waals surface area contributed by atoms with Gasteiger partial charge in [-0.3, -0.25) is 4.79 Å². The summed E-state index contributed by atoms with van der Waals surface area (Å²) < 4.78 is 9.96. The Bertz CT molecular complexity index is 455. The van der Waals surface area contributed by atoms with Crippen molar-refractivity contribution in [1.29, 1.82) is 0 Å². The molecule has 1 unspecified atom stereocenters. The van der Waals surface area contributed by atoms with Gasteiger partial charge in [-0.05, 0) is 24.8 Å². The van der Waals surface area contributed by atoms with Crippen LogP contribution in [0, 0.1) is 0 Å². The number of ether oxygens (including phenoxy) is 2. The third-order valence-corrected chi connectivity index (χ3v) is 3.25. The Morgan fingerprint density at radius 2 is 2.32 bits per heavy atom. The average Bonchev–Trinajstić information content (AvgIpc) is 2.86. The lowest BCUT2D eigenvalue weighted by Crippen LogP contribution is -2.28. The highest BCUT2D eigenvalue weighted by atomic mass is 32.1. The third kappa shape index (κ3) is 4.50. The molecule has 5 nitrogen and oxygen atoms in total. The van der Waals surface area contributed by atoms with E-state index < -0.39 is 12.1 Å². The number of carbonyl (C=O) groups is 2. The van der Waals surface area contributed by atoms with E-state index in [1.54, 1.807) is 24.4 Å². The molecule has 0 radical (unpaired) electrons. The third-order valence-electron chi connectivity index (χ3n) is 2.35. The quantitative estimate of drug-likeness (QED) is 0.474. The lowest BCUT2D eigenvalue weighted by molar-refractivity contribution is -0.126. The Balaban J connectivity index is 2.59. The van der Waals surface area contributed by atoms with E-state index >= 15 is 0 Å². The van der Waals surface area contributed by atoms with Crippen molar-refractivity contribution in [3.63, 3.8) is 0 Å². The van der Waals surface area contributed by atoms with Crippen LogP contribution in [0.5, 0.6) is 0 Å². The SMILES string of the molecule is C=CCCOC(C)C(=O)Nc1ccsc1C(=O)OC. The van der Waals surface area contributed by atoms with Gasteiger partial charge in [-0.25, -0.2) is 4.79 Å². The second-order valence-electron chi connectivity index (χ2n) is 3.73. The van der Waals surface area contributed by atoms with Crippen LogP contribution in [-0.4, -0.2) is 31.7 Å². The minimum atomic E-state index is -0.592. The number of amides is 1. The standard InChI is InChI=1S/C13H17NO4S/c1-4-5-7-18-9(2)12(15)14-10-6-8-19-11(10)13(16)17-3/h4,6,8-9H,1,5,7H2,2-3H3,(H,14,15). The summed E-state index contributed by atoms with van der Waals surface area (Å²) in [7, 11) is 1.30. The van der Waals surface area contributed by atoms with Crippen LogP contribution in [-0.2, 0) is 14.3 Å². The highest BCUT2D eigenvalue weighted by molar-refractivity contribution is 7.12. The van der Waals surface area contributed by atoms with Crippen molar-refractivity contribution in [1.82, 2.24) is 0 Å². The van der Waals surface area contributed by atoms with E-state index in [4.69, 9.17) is 4.74 Å². The van der Waals surface area contributed by atoms with Gasteiger partial charge in [0.1, 0.15) is 11.0 Å². The second-order valence-corrected chi connectivity index (χ2v) is 4.65. The molecule has 6 heteroatoms. The van der Waals surface area contributed by atoms with E-state index in [0.717, 1.165) is 0 Å². The van der Waals surface area contributed by atoms with Crippen LogP contribution in [0.15, 0.2) is 24.1 Å². The fourth-order valence-corrected chi connectivity index (χ4v) is 2.06. The van der Waals surface area contributed by atoms with E-state index in [-0.39, 0.29) is 5.91 Å². The van der Waals surface area contributed by atoms with Gasteiger partial charge in [0.2, 0.25) is 0 Å². The number of esters is 1. The molecule has 0 spiro atoms. The molecule has 0 aliphatic rings. The van der Waals surface area contributed by atoms with Crippen LogP contribution >= 0.6 is 11.3 Å². The van der Waals surface area contributed by atoms with E-state index in [1.165, 1.54) is 18.4 Å². The maximum Gasteiger partial charge on any atom is 0.350 e. The summed E-state index contributed by atoms with van der Waals surface area (Å²) in [6.45, 7) is 5.66. The van der Waals surface area contributed by atoms with Crippen molar-refractivity contribution in [3.05, 3.63) is 29.0 Å². The first-order chi connectivity index (χ1) is 9.10. The first kappa shape index (κ1) is 15.4. The highest BCUT2D eigenvalue weighted by Crippen LogP contribution is 2.23. The molecule has 1 amide bonds. The first-order valence-electron chi connectivity index (χ1n) is 5.79. The van der Waals surface area contributed by atoms with Gasteiger partial charge in [-0.15, -0.1) is 17.9 Å². The number of rotatable bonds is 7. The second kappa shape index (κ2) is 7.70. The Morgan fingerprint density at radius 1 is 1.58 bits per heavy atom. The molecule has 1 heterocycles. The minimum Gasteiger partial charge on any atom is -0.465 e. The zero-order valence-corrected chi connectivity index (χ0v) is 11.8. The van der Waals surface area contributed by atoms with Gasteiger partial charge < -0.3 is 14.8 Å². The zero-order valence-electron chi connectivity index (χ0n) is 11.0. The number of carbonyl (C=O) groups excluding carboxylic acids is 2. The van der Waals surface area contributed by atoms with E-state index in [0.29, 0.717) is 23.6 Å². The Kier molecular flexibility index (Phi) is 6.24.